The van der Waals surface area contributed by atoms with Gasteiger partial charge in [0.1, 0.15) is 11.6 Å². The maximum Gasteiger partial charge on any atom is 0.247 e. The van der Waals surface area contributed by atoms with Gasteiger partial charge in [-0.15, -0.1) is 0 Å². The lowest BCUT2D eigenvalue weighted by Gasteiger charge is -2.52. The number of benzene rings is 1. The van der Waals surface area contributed by atoms with Crippen molar-refractivity contribution < 1.29 is 39.8 Å². The Labute approximate surface area is 162 Å². The number of piperidine rings is 1. The van der Waals surface area contributed by atoms with E-state index in [1.54, 1.807) is 0 Å². The molecule has 1 aromatic rings. The molecule has 156 valence electrons. The highest BCUT2D eigenvalue weighted by Crippen LogP contribution is 2.56. The summed E-state index contributed by atoms with van der Waals surface area (Å²) in [5.74, 6) is -5.15. The Bertz CT molecular complexity index is 806. The number of fused-ring (bicyclic) bond motifs is 3. The molecule has 2 atom stereocenters. The van der Waals surface area contributed by atoms with Crippen LogP contribution in [-0.2, 0) is 11.2 Å². The zero-order valence-electron chi connectivity index (χ0n) is 16.4. The molecule has 0 spiro atoms. The van der Waals surface area contributed by atoms with E-state index in [0.717, 1.165) is 0 Å². The number of carbonyl (C=O) groups excluding carboxylic acids is 1. The molecule has 0 aliphatic carbocycles. The number of Topliss-reactive ketones (excluding diaryl/α,β-unsaturated/α-hetero) is 1. The molecule has 5 N–H and O–H groups in total. The molecule has 0 saturated carbocycles. The molecule has 0 bridgehead atoms. The van der Waals surface area contributed by atoms with Crippen LogP contribution in [0.1, 0.15) is 37.4 Å². The smallest absolute Gasteiger partial charge is 0.247 e. The fourth-order valence-electron chi connectivity index (χ4n) is 4.57. The number of phenolic OH excluding ortho intramolecular Hbond substituents is 2. The summed E-state index contributed by atoms with van der Waals surface area (Å²) in [5.41, 5.74) is -1.71. The molecule has 1 saturated heterocycles. The number of aliphatic hydroxyl groups is 3. The second-order valence-corrected chi connectivity index (χ2v) is 7.96. The fourth-order valence-corrected chi connectivity index (χ4v) is 4.57. The summed E-state index contributed by atoms with van der Waals surface area (Å²) in [4.78, 5) is 14.4. The van der Waals surface area contributed by atoms with Gasteiger partial charge < -0.3 is 35.0 Å². The van der Waals surface area contributed by atoms with Crippen molar-refractivity contribution in [2.24, 2.45) is 5.92 Å². The van der Waals surface area contributed by atoms with E-state index >= 15 is 0 Å². The standard InChI is InChI=1S/C19H27NO8/c1-9(2)7-18(24)8-20-6-5-10-11(16(20)19(25,26)17(18)23)13(22)15(28-4)14(27-3)12(10)21/h9,16,21-22,24-26H,5-8H2,1-4H3. The van der Waals surface area contributed by atoms with E-state index < -0.39 is 29.0 Å². The molecule has 2 unspecified atom stereocenters. The molecule has 9 nitrogen and oxygen atoms in total. The van der Waals surface area contributed by atoms with Gasteiger partial charge in [-0.05, 0) is 18.8 Å². The number of ketones is 1. The molecule has 2 aliphatic rings. The first-order valence-corrected chi connectivity index (χ1v) is 9.14. The van der Waals surface area contributed by atoms with Gasteiger partial charge in [-0.3, -0.25) is 9.69 Å². The number of rotatable bonds is 4. The van der Waals surface area contributed by atoms with E-state index in [1.165, 1.54) is 19.1 Å². The molecular formula is C19H27NO8. The van der Waals surface area contributed by atoms with Crippen LogP contribution in [0, 0.1) is 5.92 Å². The van der Waals surface area contributed by atoms with Gasteiger partial charge in [0.15, 0.2) is 11.5 Å². The normalized spacial score (nSPS) is 26.7. The molecule has 1 aromatic carbocycles. The molecule has 2 aliphatic heterocycles. The molecule has 0 radical (unpaired) electrons. The molecule has 3 rings (SSSR count). The highest BCUT2D eigenvalue weighted by atomic mass is 16.5. The van der Waals surface area contributed by atoms with Crippen LogP contribution in [0.3, 0.4) is 0 Å². The minimum Gasteiger partial charge on any atom is -0.504 e. The number of phenols is 2. The molecule has 0 amide bonds. The molecular weight excluding hydrogens is 370 g/mol. The maximum atomic E-state index is 12.9. The third-order valence-electron chi connectivity index (χ3n) is 5.55. The Kier molecular flexibility index (Phi) is 4.99. The molecule has 2 heterocycles. The lowest BCUT2D eigenvalue weighted by atomic mass is 9.73. The van der Waals surface area contributed by atoms with Gasteiger partial charge in [0.25, 0.3) is 0 Å². The SMILES string of the molecule is COc1c(O)c2c(c(O)c1OC)C1N(CC2)CC(O)(CC(C)C)C(=O)C1(O)O. The van der Waals surface area contributed by atoms with Crippen LogP contribution < -0.4 is 9.47 Å². The molecule has 9 heteroatoms. The van der Waals surface area contributed by atoms with E-state index in [-0.39, 0.29) is 60.2 Å². The van der Waals surface area contributed by atoms with Gasteiger partial charge in [-0.25, -0.2) is 0 Å². The van der Waals surface area contributed by atoms with Gasteiger partial charge in [0, 0.05) is 24.2 Å². The summed E-state index contributed by atoms with van der Waals surface area (Å²) < 4.78 is 10.3. The van der Waals surface area contributed by atoms with Crippen molar-refractivity contribution in [3.05, 3.63) is 11.1 Å². The van der Waals surface area contributed by atoms with Crippen molar-refractivity contribution in [2.45, 2.75) is 44.1 Å². The minimum absolute atomic E-state index is 0.0219. The highest BCUT2D eigenvalue weighted by Gasteiger charge is 2.62. The average Bonchev–Trinajstić information content (AvgIpc) is 2.61. The Hall–Kier alpha value is -2.07. The van der Waals surface area contributed by atoms with Crippen molar-refractivity contribution in [1.29, 1.82) is 0 Å². The number of aromatic hydroxyl groups is 2. The zero-order valence-corrected chi connectivity index (χ0v) is 16.4. The second kappa shape index (κ2) is 6.77. The summed E-state index contributed by atoms with van der Waals surface area (Å²) in [6.45, 7) is 3.75. The summed E-state index contributed by atoms with van der Waals surface area (Å²) in [6.07, 6.45) is 0.307. The van der Waals surface area contributed by atoms with Gasteiger partial charge in [-0.2, -0.15) is 0 Å². The Morgan fingerprint density at radius 3 is 2.21 bits per heavy atom. The summed E-state index contributed by atoms with van der Waals surface area (Å²) in [6, 6.07) is -1.37. The van der Waals surface area contributed by atoms with Crippen LogP contribution in [0.15, 0.2) is 0 Å². The first-order chi connectivity index (χ1) is 13.0. The molecule has 1 fully saturated rings. The van der Waals surface area contributed by atoms with E-state index in [9.17, 15) is 30.3 Å². The summed E-state index contributed by atoms with van der Waals surface area (Å²) in [5, 5.41) is 53.8. The van der Waals surface area contributed by atoms with E-state index in [4.69, 9.17) is 9.47 Å². The van der Waals surface area contributed by atoms with Gasteiger partial charge in [0.05, 0.1) is 14.2 Å². The first-order valence-electron chi connectivity index (χ1n) is 9.14. The Balaban J connectivity index is 2.19. The predicted molar refractivity (Wildman–Crippen MR) is 97.5 cm³/mol. The number of ether oxygens (including phenoxy) is 2. The van der Waals surface area contributed by atoms with Crippen molar-refractivity contribution in [1.82, 2.24) is 4.90 Å². The minimum atomic E-state index is -2.97. The van der Waals surface area contributed by atoms with E-state index in [1.807, 2.05) is 13.8 Å². The van der Waals surface area contributed by atoms with Gasteiger partial charge in [-0.1, -0.05) is 13.8 Å². The predicted octanol–water partition coefficient (Wildman–Crippen LogP) is 0.0550. The van der Waals surface area contributed by atoms with Crippen molar-refractivity contribution in [2.75, 3.05) is 27.3 Å². The van der Waals surface area contributed by atoms with Crippen LogP contribution in [0.2, 0.25) is 0 Å². The first kappa shape index (κ1) is 20.7. The van der Waals surface area contributed by atoms with Crippen LogP contribution in [-0.4, -0.2) is 74.9 Å². The van der Waals surface area contributed by atoms with Crippen LogP contribution in [0.25, 0.3) is 0 Å². The third kappa shape index (κ3) is 2.81. The van der Waals surface area contributed by atoms with Gasteiger partial charge >= 0.3 is 0 Å². The van der Waals surface area contributed by atoms with Crippen molar-refractivity contribution in [3.8, 4) is 23.0 Å². The number of nitrogens with zero attached hydrogens (tertiary/aromatic N) is 1. The average molecular weight is 397 g/mol. The quantitative estimate of drug-likeness (QED) is 0.352. The fraction of sp³-hybridized carbons (Fsp3) is 0.632. The summed E-state index contributed by atoms with van der Waals surface area (Å²) in [7, 11) is 2.57. The van der Waals surface area contributed by atoms with Crippen LogP contribution in [0.5, 0.6) is 23.0 Å². The van der Waals surface area contributed by atoms with Crippen molar-refractivity contribution >= 4 is 5.78 Å². The van der Waals surface area contributed by atoms with E-state index in [0.29, 0.717) is 0 Å². The number of methoxy groups -OCH3 is 2. The van der Waals surface area contributed by atoms with Crippen LogP contribution in [0.4, 0.5) is 0 Å². The number of hydrogen-bond donors (Lipinski definition) is 5. The lowest BCUT2D eigenvalue weighted by molar-refractivity contribution is -0.246. The highest BCUT2D eigenvalue weighted by molar-refractivity contribution is 5.95. The molecule has 28 heavy (non-hydrogen) atoms. The Morgan fingerprint density at radius 1 is 1.11 bits per heavy atom. The second-order valence-electron chi connectivity index (χ2n) is 7.96. The Morgan fingerprint density at radius 2 is 1.68 bits per heavy atom. The van der Waals surface area contributed by atoms with E-state index in [2.05, 4.69) is 0 Å². The number of carbonyl (C=O) groups is 1. The molecule has 0 aromatic heterocycles. The largest absolute Gasteiger partial charge is 0.504 e. The monoisotopic (exact) mass is 397 g/mol. The maximum absolute atomic E-state index is 12.9. The topological polar surface area (TPSA) is 140 Å². The number of hydrogen-bond acceptors (Lipinski definition) is 9. The van der Waals surface area contributed by atoms with Crippen molar-refractivity contribution in [3.63, 3.8) is 0 Å². The lowest BCUT2D eigenvalue weighted by Crippen LogP contribution is -2.69. The third-order valence-corrected chi connectivity index (χ3v) is 5.55. The van der Waals surface area contributed by atoms with Crippen LogP contribution >= 0.6 is 0 Å². The van der Waals surface area contributed by atoms with Gasteiger partial charge in [0.2, 0.25) is 23.1 Å². The zero-order chi connectivity index (χ0) is 21.0. The summed E-state index contributed by atoms with van der Waals surface area (Å²) >= 11 is 0.